The third-order valence-electron chi connectivity index (χ3n) is 3.87. The fourth-order valence-corrected chi connectivity index (χ4v) is 2.70. The quantitative estimate of drug-likeness (QED) is 0.356. The third kappa shape index (κ3) is 5.43. The van der Waals surface area contributed by atoms with Gasteiger partial charge in [0, 0.05) is 11.1 Å². The van der Waals surface area contributed by atoms with Crippen LogP contribution in [0.2, 0.25) is 5.02 Å². The lowest BCUT2D eigenvalue weighted by Gasteiger charge is -2.09. The maximum atomic E-state index is 11.9. The normalized spacial score (nSPS) is 10.4. The molecule has 3 rings (SSSR count). The van der Waals surface area contributed by atoms with Crippen LogP contribution in [0.1, 0.15) is 0 Å². The Morgan fingerprint density at radius 3 is 2.52 bits per heavy atom. The van der Waals surface area contributed by atoms with Crippen LogP contribution in [0.15, 0.2) is 60.7 Å². The van der Waals surface area contributed by atoms with E-state index in [1.165, 1.54) is 12.1 Å². The number of nitrogens with one attached hydrogen (secondary N) is 1. The van der Waals surface area contributed by atoms with E-state index in [4.69, 9.17) is 21.1 Å². The number of hydrogen-bond acceptors (Lipinski definition) is 6. The van der Waals surface area contributed by atoms with Crippen LogP contribution < -0.4 is 10.1 Å². The summed E-state index contributed by atoms with van der Waals surface area (Å²) in [5.74, 6) is -0.990. The molecule has 0 bridgehead atoms. The van der Waals surface area contributed by atoms with Crippen LogP contribution in [0.3, 0.4) is 0 Å². The van der Waals surface area contributed by atoms with Crippen LogP contribution in [0.4, 0.5) is 11.4 Å². The molecule has 29 heavy (non-hydrogen) atoms. The molecule has 0 aliphatic carbocycles. The molecule has 0 aromatic heterocycles. The standard InChI is InChI=1S/C20H15ClN2O6/c21-15-6-8-17(18(10-15)23(26)27)22-19(24)11-29-20(25)12-28-16-7-5-13-3-1-2-4-14(13)9-16/h1-10H,11-12H2,(H,22,24). The highest BCUT2D eigenvalue weighted by molar-refractivity contribution is 6.31. The number of ether oxygens (including phenoxy) is 2. The molecular formula is C20H15ClN2O6. The van der Waals surface area contributed by atoms with Gasteiger partial charge >= 0.3 is 5.97 Å². The minimum absolute atomic E-state index is 0.0483. The highest BCUT2D eigenvalue weighted by Crippen LogP contribution is 2.27. The number of amides is 1. The van der Waals surface area contributed by atoms with Crippen molar-refractivity contribution in [1.82, 2.24) is 0 Å². The van der Waals surface area contributed by atoms with E-state index in [-0.39, 0.29) is 23.0 Å². The lowest BCUT2D eigenvalue weighted by molar-refractivity contribution is -0.383. The zero-order chi connectivity index (χ0) is 20.8. The predicted octanol–water partition coefficient (Wildman–Crippen LogP) is 3.96. The van der Waals surface area contributed by atoms with Crippen LogP contribution in [0.25, 0.3) is 10.8 Å². The Hall–Kier alpha value is -3.65. The fraction of sp³-hybridized carbons (Fsp3) is 0.100. The first-order chi connectivity index (χ1) is 13.9. The maximum absolute atomic E-state index is 11.9. The van der Waals surface area contributed by atoms with Crippen molar-refractivity contribution < 1.29 is 24.0 Å². The van der Waals surface area contributed by atoms with Crippen LogP contribution in [0, 0.1) is 10.1 Å². The van der Waals surface area contributed by atoms with E-state index in [1.807, 2.05) is 30.3 Å². The zero-order valence-electron chi connectivity index (χ0n) is 15.0. The van der Waals surface area contributed by atoms with E-state index in [2.05, 4.69) is 5.32 Å². The molecule has 3 aromatic rings. The number of hydrogen-bond donors (Lipinski definition) is 1. The number of carbonyl (C=O) groups excluding carboxylic acids is 2. The number of anilines is 1. The zero-order valence-corrected chi connectivity index (χ0v) is 15.7. The molecule has 148 valence electrons. The molecule has 0 saturated carbocycles. The first kappa shape index (κ1) is 20.1. The second kappa shape index (κ2) is 9.03. The number of nitro benzene ring substituents is 1. The molecular weight excluding hydrogens is 400 g/mol. The van der Waals surface area contributed by atoms with E-state index in [1.54, 1.807) is 12.1 Å². The topological polar surface area (TPSA) is 108 Å². The Morgan fingerprint density at radius 2 is 1.76 bits per heavy atom. The second-order valence-corrected chi connectivity index (χ2v) is 6.36. The lowest BCUT2D eigenvalue weighted by atomic mass is 10.1. The lowest BCUT2D eigenvalue weighted by Crippen LogP contribution is -2.24. The smallest absolute Gasteiger partial charge is 0.344 e. The average Bonchev–Trinajstić information content (AvgIpc) is 2.71. The summed E-state index contributed by atoms with van der Waals surface area (Å²) >= 11 is 5.72. The van der Waals surface area contributed by atoms with Gasteiger partial charge in [0.1, 0.15) is 11.4 Å². The number of esters is 1. The number of carbonyl (C=O) groups is 2. The molecule has 1 amide bonds. The van der Waals surface area contributed by atoms with Crippen LogP contribution >= 0.6 is 11.6 Å². The summed E-state index contributed by atoms with van der Waals surface area (Å²) in [5.41, 5.74) is -0.412. The number of rotatable bonds is 7. The summed E-state index contributed by atoms with van der Waals surface area (Å²) < 4.78 is 10.2. The van der Waals surface area contributed by atoms with Crippen molar-refractivity contribution in [2.24, 2.45) is 0 Å². The number of benzene rings is 3. The minimum atomic E-state index is -0.751. The number of nitro groups is 1. The van der Waals surface area contributed by atoms with E-state index in [0.29, 0.717) is 5.75 Å². The summed E-state index contributed by atoms with van der Waals surface area (Å²) in [6, 6.07) is 16.9. The maximum Gasteiger partial charge on any atom is 0.344 e. The van der Waals surface area contributed by atoms with Crippen molar-refractivity contribution in [1.29, 1.82) is 0 Å². The highest BCUT2D eigenvalue weighted by Gasteiger charge is 2.17. The summed E-state index contributed by atoms with van der Waals surface area (Å²) in [6.45, 7) is -0.994. The van der Waals surface area contributed by atoms with Crippen LogP contribution in [-0.2, 0) is 14.3 Å². The van der Waals surface area contributed by atoms with Gasteiger partial charge in [-0.1, -0.05) is 41.9 Å². The van der Waals surface area contributed by atoms with Gasteiger partial charge in [-0.2, -0.15) is 0 Å². The number of nitrogens with zero attached hydrogens (tertiary/aromatic N) is 1. The Labute approximate surface area is 170 Å². The second-order valence-electron chi connectivity index (χ2n) is 5.93. The van der Waals surface area contributed by atoms with Crippen LogP contribution in [0.5, 0.6) is 5.75 Å². The first-order valence-corrected chi connectivity index (χ1v) is 8.81. The van der Waals surface area contributed by atoms with Crippen molar-refractivity contribution in [3.63, 3.8) is 0 Å². The van der Waals surface area contributed by atoms with Crippen molar-refractivity contribution in [3.8, 4) is 5.75 Å². The Kier molecular flexibility index (Phi) is 6.25. The molecule has 9 heteroatoms. The van der Waals surface area contributed by atoms with E-state index >= 15 is 0 Å². The molecule has 0 unspecified atom stereocenters. The minimum Gasteiger partial charge on any atom is -0.482 e. The van der Waals surface area contributed by atoms with Gasteiger partial charge in [0.15, 0.2) is 13.2 Å². The highest BCUT2D eigenvalue weighted by atomic mass is 35.5. The molecule has 0 saturated heterocycles. The number of halogens is 1. The Bertz CT molecular complexity index is 1090. The summed E-state index contributed by atoms with van der Waals surface area (Å²) in [5, 5.41) is 15.5. The molecule has 0 atom stereocenters. The Balaban J connectivity index is 1.50. The van der Waals surface area contributed by atoms with Gasteiger partial charge in [-0.3, -0.25) is 14.9 Å². The predicted molar refractivity (Wildman–Crippen MR) is 107 cm³/mol. The molecule has 0 aliphatic rings. The van der Waals surface area contributed by atoms with Crippen molar-refractivity contribution in [3.05, 3.63) is 75.8 Å². The van der Waals surface area contributed by atoms with Gasteiger partial charge in [0.05, 0.1) is 4.92 Å². The average molecular weight is 415 g/mol. The first-order valence-electron chi connectivity index (χ1n) is 8.43. The molecule has 0 heterocycles. The van der Waals surface area contributed by atoms with Gasteiger partial charge in [-0.25, -0.2) is 4.79 Å². The third-order valence-corrected chi connectivity index (χ3v) is 4.11. The molecule has 0 fully saturated rings. The molecule has 0 aliphatic heterocycles. The monoisotopic (exact) mass is 414 g/mol. The molecule has 3 aromatic carbocycles. The molecule has 1 N–H and O–H groups in total. The molecule has 0 radical (unpaired) electrons. The van der Waals surface area contributed by atoms with Crippen LogP contribution in [-0.4, -0.2) is 30.0 Å². The van der Waals surface area contributed by atoms with E-state index in [9.17, 15) is 19.7 Å². The summed E-state index contributed by atoms with van der Waals surface area (Å²) in [6.07, 6.45) is 0. The van der Waals surface area contributed by atoms with Crippen molar-refractivity contribution in [2.45, 2.75) is 0 Å². The van der Waals surface area contributed by atoms with Crippen molar-refractivity contribution >= 4 is 45.6 Å². The SMILES string of the molecule is O=C(COC(=O)COc1ccc2ccccc2c1)Nc1ccc(Cl)cc1[N+](=O)[O-]. The largest absolute Gasteiger partial charge is 0.482 e. The summed E-state index contributed by atoms with van der Waals surface area (Å²) in [4.78, 5) is 34.1. The Morgan fingerprint density at radius 1 is 1.00 bits per heavy atom. The number of fused-ring (bicyclic) bond motifs is 1. The fourth-order valence-electron chi connectivity index (χ4n) is 2.53. The molecule has 8 nitrogen and oxygen atoms in total. The van der Waals surface area contributed by atoms with E-state index in [0.717, 1.165) is 16.8 Å². The van der Waals surface area contributed by atoms with Gasteiger partial charge in [0.2, 0.25) is 0 Å². The van der Waals surface area contributed by atoms with Crippen molar-refractivity contribution in [2.75, 3.05) is 18.5 Å². The van der Waals surface area contributed by atoms with Gasteiger partial charge in [-0.05, 0) is 35.0 Å². The van der Waals surface area contributed by atoms with Gasteiger partial charge in [0.25, 0.3) is 11.6 Å². The summed E-state index contributed by atoms with van der Waals surface area (Å²) in [7, 11) is 0. The molecule has 0 spiro atoms. The van der Waals surface area contributed by atoms with Gasteiger partial charge < -0.3 is 14.8 Å². The van der Waals surface area contributed by atoms with E-state index < -0.39 is 23.4 Å². The van der Waals surface area contributed by atoms with Gasteiger partial charge in [-0.15, -0.1) is 0 Å².